The minimum absolute atomic E-state index is 0.0430. The first-order chi connectivity index (χ1) is 51.3. The van der Waals surface area contributed by atoms with Crippen molar-refractivity contribution in [2.24, 2.45) is 73.4 Å². The van der Waals surface area contributed by atoms with Gasteiger partial charge in [-0.05, 0) is 239 Å². The quantitative estimate of drug-likeness (QED) is 0.0495. The van der Waals surface area contributed by atoms with Gasteiger partial charge in [0, 0.05) is 61.7 Å². The van der Waals surface area contributed by atoms with Crippen molar-refractivity contribution in [3.8, 4) is 0 Å². The van der Waals surface area contributed by atoms with E-state index in [0.717, 1.165) is 188 Å². The number of thiocarbonyl (C=S) groups is 1. The lowest BCUT2D eigenvalue weighted by molar-refractivity contribution is -0.139. The number of nitrogens with one attached hydrogen (secondary N) is 2. The van der Waals surface area contributed by atoms with Crippen molar-refractivity contribution in [1.29, 1.82) is 0 Å². The van der Waals surface area contributed by atoms with Crippen LogP contribution in [-0.2, 0) is 83.7 Å². The van der Waals surface area contributed by atoms with Gasteiger partial charge in [-0.25, -0.2) is 9.98 Å². The molecule has 15 rings (SSSR count). The van der Waals surface area contributed by atoms with E-state index in [9.17, 15) is 9.59 Å². The van der Waals surface area contributed by atoms with E-state index in [2.05, 4.69) is 141 Å². The van der Waals surface area contributed by atoms with Gasteiger partial charge in [0.1, 0.15) is 0 Å². The molecule has 0 aromatic heterocycles. The number of nitrogens with two attached hydrogens (primary N) is 1. The Hall–Kier alpha value is -4.19. The maximum atomic E-state index is 15.0. The van der Waals surface area contributed by atoms with E-state index in [1.165, 1.54) is 133 Å². The van der Waals surface area contributed by atoms with Crippen LogP contribution < -0.4 is 16.4 Å². The fourth-order valence-electron chi connectivity index (χ4n) is 20.7. The second-order valence-electron chi connectivity index (χ2n) is 35.1. The van der Waals surface area contributed by atoms with Crippen LogP contribution in [-0.4, -0.2) is 108 Å². The van der Waals surface area contributed by atoms with Gasteiger partial charge in [0.25, 0.3) is 17.7 Å². The molecule has 3 unspecified atom stereocenters. The number of carbonyl (C=O) groups is 3. The van der Waals surface area contributed by atoms with Crippen LogP contribution >= 0.6 is 39.9 Å². The summed E-state index contributed by atoms with van der Waals surface area (Å²) < 4.78 is 17.1. The lowest BCUT2D eigenvalue weighted by Gasteiger charge is -2.46. The standard InChI is InChI=1S/C34H52N2O2S.C28H41N3O2.C22H28N2O2S.C6H13Br/c1-6-24(7-2)22-36-31(37)34(35-32(36)39-23-25(8-3)9-4)30-20-27(13-12-26-10-11-26)14-15-28(30)21-33(34)18-16-29(38-5)17-19-33;1-4-19(5-2)18-31-25(32)28(30-26(31)29)24-16-21(9-8-20-6-7-20)10-11-22(24)17-27(28)14-12-23(33-3)13-15-27;1-26-17-8-10-21(11-9-17)13-16-7-6-15(5-4-14-2-3-14)12-18(16)22(21)19(25)23-20(27)24-22;1-3-6(4-2)5-7/h14-15,20,24-26,29H,6-13,16-19,21-23H2,1-5H3;10-11,16,19-20,23H,4-9,12-15,17-18H2,1-3H3,(H2,29,30);6-7,12,14,17H,2-5,8-11,13H2,1H3,(H2,23,24,25,27);6H,3-5H2,1-2H3. The summed E-state index contributed by atoms with van der Waals surface area (Å²) in [5.41, 5.74) is 15.4. The van der Waals surface area contributed by atoms with Gasteiger partial charge in [-0.3, -0.25) is 24.2 Å². The van der Waals surface area contributed by atoms with Crippen molar-refractivity contribution in [3.05, 3.63) is 105 Å². The summed E-state index contributed by atoms with van der Waals surface area (Å²) in [6.45, 7) is 19.5. The van der Waals surface area contributed by atoms with Crippen LogP contribution in [0.3, 0.4) is 0 Å². The third-order valence-electron chi connectivity index (χ3n) is 29.1. The van der Waals surface area contributed by atoms with Crippen molar-refractivity contribution in [3.63, 3.8) is 0 Å². The molecule has 3 atom stereocenters. The second kappa shape index (κ2) is 35.2. The maximum Gasteiger partial charge on any atom is 0.262 e. The molecular weight excluding hydrogens is 1420 g/mol. The number of amidine groups is 1. The highest BCUT2D eigenvalue weighted by molar-refractivity contribution is 9.09. The van der Waals surface area contributed by atoms with E-state index < -0.39 is 16.6 Å². The predicted octanol–water partition coefficient (Wildman–Crippen LogP) is 19.3. The van der Waals surface area contributed by atoms with E-state index >= 15 is 4.79 Å². The Morgan fingerprint density at radius 3 is 1.25 bits per heavy atom. The van der Waals surface area contributed by atoms with Gasteiger partial charge in [0.05, 0.1) is 18.3 Å². The zero-order chi connectivity index (χ0) is 75.2. The topological polar surface area (TPSA) is 160 Å². The van der Waals surface area contributed by atoms with Gasteiger partial charge in [-0.2, -0.15) is 0 Å². The van der Waals surface area contributed by atoms with Crippen LogP contribution in [0, 0.1) is 57.7 Å². The molecule has 12 aliphatic rings. The number of ether oxygens (including phenoxy) is 3. The Morgan fingerprint density at radius 2 is 0.877 bits per heavy atom. The number of fused-ring (bicyclic) bond motifs is 9. The van der Waals surface area contributed by atoms with E-state index in [1.807, 2.05) is 30.9 Å². The van der Waals surface area contributed by atoms with Crippen molar-refractivity contribution < 1.29 is 28.6 Å². The maximum absolute atomic E-state index is 15.0. The van der Waals surface area contributed by atoms with Crippen LogP contribution in [0.5, 0.6) is 0 Å². The third kappa shape index (κ3) is 16.3. The minimum atomic E-state index is -0.854. The Kier molecular flexibility index (Phi) is 27.0. The highest BCUT2D eigenvalue weighted by Crippen LogP contribution is 2.65. The zero-order valence-corrected chi connectivity index (χ0v) is 70.3. The summed E-state index contributed by atoms with van der Waals surface area (Å²) in [6.07, 6.45) is 40.3. The van der Waals surface area contributed by atoms with Crippen LogP contribution in [0.1, 0.15) is 292 Å². The molecule has 3 aromatic rings. The summed E-state index contributed by atoms with van der Waals surface area (Å²) >= 11 is 10.7. The first-order valence-electron chi connectivity index (χ1n) is 42.7. The summed E-state index contributed by atoms with van der Waals surface area (Å²) in [4.78, 5) is 57.5. The number of halogens is 1. The first-order valence-corrected chi connectivity index (χ1v) is 45.2. The van der Waals surface area contributed by atoms with Crippen LogP contribution in [0.15, 0.2) is 64.6 Å². The molecule has 4 N–H and O–H groups in total. The molecule has 0 bridgehead atoms. The lowest BCUT2D eigenvalue weighted by Crippen LogP contribution is -2.56. The molecule has 3 amide bonds. The number of methoxy groups -OCH3 is 3. The van der Waals surface area contributed by atoms with Gasteiger partial charge in [-0.1, -0.05) is 228 Å². The summed E-state index contributed by atoms with van der Waals surface area (Å²) in [7, 11) is 5.45. The molecule has 13 nitrogen and oxygen atoms in total. The van der Waals surface area contributed by atoms with Crippen molar-refractivity contribution in [2.75, 3.05) is 45.5 Å². The molecule has 1 saturated heterocycles. The molecule has 106 heavy (non-hydrogen) atoms. The molecule has 6 spiro atoms. The molecule has 16 heteroatoms. The summed E-state index contributed by atoms with van der Waals surface area (Å²) in [6, 6.07) is 20.9. The number of benzene rings is 3. The van der Waals surface area contributed by atoms with E-state index in [0.29, 0.717) is 47.6 Å². The Morgan fingerprint density at radius 1 is 0.509 bits per heavy atom. The Balaban J connectivity index is 0.000000144. The largest absolute Gasteiger partial charge is 0.381 e. The molecule has 6 saturated carbocycles. The molecule has 7 fully saturated rings. The number of alkyl halides is 1. The van der Waals surface area contributed by atoms with Crippen molar-refractivity contribution in [2.45, 2.75) is 315 Å². The molecule has 3 aromatic carbocycles. The van der Waals surface area contributed by atoms with Gasteiger partial charge >= 0.3 is 0 Å². The SMILES string of the molecule is CCC(CC)CBr.CCC(CC)CN1C(=O)C2(N=C1N)c1cc(CCC3CC3)ccc1CC21CCC(OC)CC1.CCC(CC)CSC1=NC2(C(=O)N1CC(CC)CC)c1cc(CCC3CC3)ccc1CC21CCC(OC)CC1.COC1CCC2(CC1)Cc1ccc(CCC3CC3)cc1C21NC(=S)NC1=O. The van der Waals surface area contributed by atoms with Crippen LogP contribution in [0.25, 0.3) is 0 Å². The van der Waals surface area contributed by atoms with Crippen LogP contribution in [0.4, 0.5) is 0 Å². The third-order valence-corrected chi connectivity index (χ3v) is 31.4. The number of aliphatic imine (C=N–C) groups is 2. The fourth-order valence-corrected chi connectivity index (χ4v) is 23.2. The monoisotopic (exact) mass is 1550 g/mol. The van der Waals surface area contributed by atoms with Crippen molar-refractivity contribution in [1.82, 2.24) is 20.4 Å². The van der Waals surface area contributed by atoms with Gasteiger partial charge in [-0.15, -0.1) is 0 Å². The molecule has 584 valence electrons. The van der Waals surface area contributed by atoms with Crippen molar-refractivity contribution >= 4 is 73.9 Å². The number of carbonyl (C=O) groups excluding carboxylic acids is 3. The number of hydrogen-bond donors (Lipinski definition) is 3. The smallest absolute Gasteiger partial charge is 0.262 e. The fraction of sp³-hybridized carbons (Fsp3) is 0.733. The number of hydrogen-bond acceptors (Lipinski definition) is 11. The number of thioether (sulfide) groups is 1. The van der Waals surface area contributed by atoms with Gasteiger partial charge in [0.2, 0.25) is 0 Å². The van der Waals surface area contributed by atoms with Crippen LogP contribution in [0.2, 0.25) is 0 Å². The number of nitrogens with zero attached hydrogens (tertiary/aromatic N) is 4. The van der Waals surface area contributed by atoms with E-state index in [1.54, 1.807) is 7.11 Å². The van der Waals surface area contributed by atoms with E-state index in [4.69, 9.17) is 42.1 Å². The Labute approximate surface area is 657 Å². The normalized spacial score (nSPS) is 29.7. The highest BCUT2D eigenvalue weighted by atomic mass is 79.9. The lowest BCUT2D eigenvalue weighted by atomic mass is 9.61. The average Bonchev–Trinajstić information content (AvgIpc) is 1.54. The number of rotatable bonds is 27. The number of amides is 3. The zero-order valence-electron chi connectivity index (χ0n) is 67.1. The minimum Gasteiger partial charge on any atom is -0.381 e. The summed E-state index contributed by atoms with van der Waals surface area (Å²) in [5.74, 6) is 7.17. The number of aryl methyl sites for hydroxylation is 3. The second-order valence-corrected chi connectivity index (χ2v) is 37.1. The average molecular weight is 1550 g/mol. The highest BCUT2D eigenvalue weighted by Gasteiger charge is 2.69. The summed E-state index contributed by atoms with van der Waals surface area (Å²) in [5, 5.41) is 9.03. The molecule has 9 aliphatic carbocycles. The first kappa shape index (κ1) is 81.3. The molecular formula is C90H134BrN7O6S2. The molecule has 3 heterocycles. The molecule has 3 aliphatic heterocycles. The van der Waals surface area contributed by atoms with Gasteiger partial charge in [0.15, 0.2) is 32.9 Å². The molecule has 0 radical (unpaired) electrons. The van der Waals surface area contributed by atoms with E-state index in [-0.39, 0.29) is 40.1 Å². The van der Waals surface area contributed by atoms with Gasteiger partial charge < -0.3 is 30.6 Å². The Bertz CT molecular complexity index is 3580. The predicted molar refractivity (Wildman–Crippen MR) is 443 cm³/mol. The number of guanidine groups is 1.